The monoisotopic (exact) mass is 470 g/mol. The lowest BCUT2D eigenvalue weighted by Crippen LogP contribution is -2.48. The van der Waals surface area contributed by atoms with Crippen molar-refractivity contribution in [1.82, 2.24) is 0 Å². The maximum atomic E-state index is 11.1. The van der Waals surface area contributed by atoms with E-state index in [0.717, 1.165) is 17.8 Å². The number of phenolic OH excluding ortho intramolecular Hbond substituents is 2. The van der Waals surface area contributed by atoms with E-state index in [0.29, 0.717) is 5.69 Å². The predicted molar refractivity (Wildman–Crippen MR) is 118 cm³/mol. The SMILES string of the molecule is O=[N+]([O-])c1cc(Br)c(O)c(C=Nc2cc(C34CC5CC(CC(C5)C3)C4)ccc2O)c1. The van der Waals surface area contributed by atoms with Crippen LogP contribution >= 0.6 is 15.9 Å². The van der Waals surface area contributed by atoms with Gasteiger partial charge < -0.3 is 10.2 Å². The first-order chi connectivity index (χ1) is 14.3. The third-order valence-corrected chi connectivity index (χ3v) is 7.86. The lowest BCUT2D eigenvalue weighted by molar-refractivity contribution is -0.385. The molecule has 156 valence electrons. The molecule has 4 aliphatic rings. The van der Waals surface area contributed by atoms with Crippen molar-refractivity contribution in [1.29, 1.82) is 0 Å². The second-order valence-corrected chi connectivity index (χ2v) is 10.1. The fourth-order valence-electron chi connectivity index (χ4n) is 6.37. The van der Waals surface area contributed by atoms with Crippen molar-refractivity contribution >= 4 is 33.5 Å². The molecule has 0 aliphatic heterocycles. The largest absolute Gasteiger partial charge is 0.506 e. The standard InChI is InChI=1S/C23H23BrN2O4/c24-19-8-18(26(29)30)6-16(22(19)28)12-25-20-7-17(1-2-21(20)27)23-9-13-3-14(10-23)5-15(4-13)11-23/h1-2,6-8,12-15,27-28H,3-5,9-11H2. The van der Waals surface area contributed by atoms with Gasteiger partial charge in [-0.15, -0.1) is 0 Å². The van der Waals surface area contributed by atoms with E-state index >= 15 is 0 Å². The van der Waals surface area contributed by atoms with Crippen molar-refractivity contribution in [2.24, 2.45) is 22.7 Å². The van der Waals surface area contributed by atoms with Gasteiger partial charge in [-0.25, -0.2) is 0 Å². The molecule has 2 aromatic rings. The van der Waals surface area contributed by atoms with Crippen LogP contribution in [0.4, 0.5) is 11.4 Å². The van der Waals surface area contributed by atoms with Crippen molar-refractivity contribution in [3.63, 3.8) is 0 Å². The first-order valence-electron chi connectivity index (χ1n) is 10.4. The number of hydrogen-bond donors (Lipinski definition) is 2. The van der Waals surface area contributed by atoms with E-state index in [1.807, 2.05) is 12.1 Å². The van der Waals surface area contributed by atoms with Crippen LogP contribution in [-0.2, 0) is 5.41 Å². The zero-order chi connectivity index (χ0) is 21.0. The van der Waals surface area contributed by atoms with E-state index in [9.17, 15) is 20.3 Å². The van der Waals surface area contributed by atoms with Gasteiger partial charge in [-0.2, -0.15) is 0 Å². The third kappa shape index (κ3) is 3.29. The molecule has 0 aromatic heterocycles. The number of rotatable bonds is 4. The van der Waals surface area contributed by atoms with Crippen LogP contribution in [0.2, 0.25) is 0 Å². The maximum absolute atomic E-state index is 11.1. The second-order valence-electron chi connectivity index (χ2n) is 9.28. The van der Waals surface area contributed by atoms with Crippen molar-refractivity contribution < 1.29 is 15.1 Å². The van der Waals surface area contributed by atoms with Gasteiger partial charge in [0.25, 0.3) is 5.69 Å². The topological polar surface area (TPSA) is 96.0 Å². The molecule has 2 N–H and O–H groups in total. The van der Waals surface area contributed by atoms with Crippen LogP contribution < -0.4 is 0 Å². The van der Waals surface area contributed by atoms with Crippen molar-refractivity contribution in [3.05, 3.63) is 56.0 Å². The molecule has 7 heteroatoms. The summed E-state index contributed by atoms with van der Waals surface area (Å²) in [5.41, 5.74) is 1.91. The lowest BCUT2D eigenvalue weighted by Gasteiger charge is -2.57. The van der Waals surface area contributed by atoms with Gasteiger partial charge in [0, 0.05) is 23.9 Å². The number of non-ortho nitro benzene ring substituents is 1. The summed E-state index contributed by atoms with van der Waals surface area (Å²) >= 11 is 3.14. The number of nitrogens with zero attached hydrogens (tertiary/aromatic N) is 2. The molecule has 30 heavy (non-hydrogen) atoms. The summed E-state index contributed by atoms with van der Waals surface area (Å²) in [7, 11) is 0. The van der Waals surface area contributed by atoms with Crippen LogP contribution in [0.1, 0.15) is 49.7 Å². The molecule has 0 radical (unpaired) electrons. The van der Waals surface area contributed by atoms with Crippen molar-refractivity contribution in [3.8, 4) is 11.5 Å². The maximum Gasteiger partial charge on any atom is 0.271 e. The van der Waals surface area contributed by atoms with Crippen LogP contribution in [0.3, 0.4) is 0 Å². The zero-order valence-corrected chi connectivity index (χ0v) is 18.0. The minimum Gasteiger partial charge on any atom is -0.506 e. The summed E-state index contributed by atoms with van der Waals surface area (Å²) in [5.74, 6) is 2.38. The number of halogens is 1. The molecule has 0 amide bonds. The zero-order valence-electron chi connectivity index (χ0n) is 16.4. The van der Waals surface area contributed by atoms with E-state index in [-0.39, 0.29) is 32.6 Å². The normalized spacial score (nSPS) is 29.6. The summed E-state index contributed by atoms with van der Waals surface area (Å²) in [6.07, 6.45) is 9.10. The second kappa shape index (κ2) is 7.08. The van der Waals surface area contributed by atoms with Gasteiger partial charge in [0.15, 0.2) is 0 Å². The summed E-state index contributed by atoms with van der Waals surface area (Å²) in [4.78, 5) is 15.0. The summed E-state index contributed by atoms with van der Waals surface area (Å²) < 4.78 is 0.227. The smallest absolute Gasteiger partial charge is 0.271 e. The summed E-state index contributed by atoms with van der Waals surface area (Å²) in [6, 6.07) is 8.20. The summed E-state index contributed by atoms with van der Waals surface area (Å²) in [6.45, 7) is 0. The number of hydrogen-bond acceptors (Lipinski definition) is 5. The predicted octanol–water partition coefficient (Wildman–Crippen LogP) is 5.99. The molecule has 0 atom stereocenters. The molecule has 2 aromatic carbocycles. The minimum atomic E-state index is -0.521. The highest BCUT2D eigenvalue weighted by molar-refractivity contribution is 9.10. The molecule has 0 spiro atoms. The molecule has 4 bridgehead atoms. The Morgan fingerprint density at radius 1 is 1.07 bits per heavy atom. The van der Waals surface area contributed by atoms with E-state index in [1.165, 1.54) is 62.4 Å². The van der Waals surface area contributed by atoms with E-state index < -0.39 is 4.92 Å². The first kappa shape index (κ1) is 19.5. The Kier molecular flexibility index (Phi) is 4.61. The van der Waals surface area contributed by atoms with Gasteiger partial charge in [0.1, 0.15) is 17.2 Å². The van der Waals surface area contributed by atoms with E-state index in [1.54, 1.807) is 6.07 Å². The number of aromatic hydroxyl groups is 2. The molecule has 0 saturated heterocycles. The van der Waals surface area contributed by atoms with Crippen LogP contribution in [0.25, 0.3) is 0 Å². The van der Waals surface area contributed by atoms with Crippen LogP contribution in [0.5, 0.6) is 11.5 Å². The Morgan fingerprint density at radius 3 is 2.30 bits per heavy atom. The fraction of sp³-hybridized carbons (Fsp3) is 0.435. The van der Waals surface area contributed by atoms with Crippen LogP contribution in [-0.4, -0.2) is 21.4 Å². The number of nitro groups is 1. The average molecular weight is 471 g/mol. The lowest BCUT2D eigenvalue weighted by atomic mass is 9.48. The highest BCUT2D eigenvalue weighted by Gasteiger charge is 2.51. The Labute approximate surface area is 182 Å². The molecule has 4 saturated carbocycles. The molecule has 0 unspecified atom stereocenters. The van der Waals surface area contributed by atoms with Gasteiger partial charge in [-0.1, -0.05) is 6.07 Å². The quantitative estimate of drug-likeness (QED) is 0.325. The van der Waals surface area contributed by atoms with Gasteiger partial charge in [-0.05, 0) is 95.3 Å². The Hall–Kier alpha value is -2.41. The number of phenols is 2. The molecule has 6 nitrogen and oxygen atoms in total. The van der Waals surface area contributed by atoms with Crippen molar-refractivity contribution in [2.45, 2.75) is 43.9 Å². The Bertz CT molecular complexity index is 1030. The molecule has 0 heterocycles. The highest BCUT2D eigenvalue weighted by Crippen LogP contribution is 2.61. The van der Waals surface area contributed by atoms with Gasteiger partial charge in [0.2, 0.25) is 0 Å². The van der Waals surface area contributed by atoms with E-state index in [4.69, 9.17) is 0 Å². The number of nitro benzene ring substituents is 1. The summed E-state index contributed by atoms with van der Waals surface area (Å²) in [5, 5.41) is 31.7. The molecule has 4 fully saturated rings. The van der Waals surface area contributed by atoms with Crippen molar-refractivity contribution in [2.75, 3.05) is 0 Å². The van der Waals surface area contributed by atoms with Gasteiger partial charge in [0.05, 0.1) is 9.40 Å². The minimum absolute atomic E-state index is 0.0590. The number of benzene rings is 2. The fourth-order valence-corrected chi connectivity index (χ4v) is 6.83. The average Bonchev–Trinajstić information content (AvgIpc) is 2.68. The Morgan fingerprint density at radius 2 is 1.70 bits per heavy atom. The van der Waals surface area contributed by atoms with Gasteiger partial charge >= 0.3 is 0 Å². The Balaban J connectivity index is 1.49. The van der Waals surface area contributed by atoms with Crippen LogP contribution in [0, 0.1) is 27.9 Å². The van der Waals surface area contributed by atoms with E-state index in [2.05, 4.69) is 20.9 Å². The first-order valence-corrected chi connectivity index (χ1v) is 11.2. The highest BCUT2D eigenvalue weighted by atomic mass is 79.9. The molecule has 6 rings (SSSR count). The molecular weight excluding hydrogens is 448 g/mol. The number of aliphatic imine (C=N–C) groups is 1. The molecular formula is C23H23BrN2O4. The van der Waals surface area contributed by atoms with Gasteiger partial charge in [-0.3, -0.25) is 15.1 Å². The third-order valence-electron chi connectivity index (χ3n) is 7.26. The molecule has 4 aliphatic carbocycles. The van der Waals surface area contributed by atoms with Crippen LogP contribution in [0.15, 0.2) is 39.8 Å².